The van der Waals surface area contributed by atoms with E-state index in [0.29, 0.717) is 0 Å². The van der Waals surface area contributed by atoms with Crippen LogP contribution >= 0.6 is 0 Å². The third kappa shape index (κ3) is 3.42. The largest absolute Gasteiger partial charge is 0.458 e. The van der Waals surface area contributed by atoms with E-state index in [9.17, 15) is 0 Å². The molecule has 0 aliphatic carbocycles. The first-order chi connectivity index (χ1) is 26.3. The van der Waals surface area contributed by atoms with Gasteiger partial charge >= 0.3 is 0 Å². The zero-order valence-electron chi connectivity index (χ0n) is 28.5. The molecular weight excluding hydrogens is 645 g/mol. The van der Waals surface area contributed by atoms with Gasteiger partial charge in [0.2, 0.25) is 0 Å². The number of fused-ring (bicyclic) bond motifs is 14. The lowest BCUT2D eigenvalue weighted by atomic mass is 9.34. The molecule has 0 atom stereocenters. The fourth-order valence-corrected chi connectivity index (χ4v) is 9.85. The number of para-hydroxylation sites is 6. The number of nitrogens with zero attached hydrogens (tertiary/aromatic N) is 3. The molecule has 0 fully saturated rings. The Bertz CT molecular complexity index is 3330. The van der Waals surface area contributed by atoms with Gasteiger partial charge in [0.1, 0.15) is 11.5 Å². The van der Waals surface area contributed by atoms with Crippen molar-refractivity contribution >= 4 is 88.5 Å². The second-order valence-electron chi connectivity index (χ2n) is 14.4. The van der Waals surface area contributed by atoms with E-state index in [4.69, 9.17) is 4.74 Å². The molecule has 0 bridgehead atoms. The summed E-state index contributed by atoms with van der Waals surface area (Å²) >= 11 is 0. The van der Waals surface area contributed by atoms with Gasteiger partial charge in [0.25, 0.3) is 6.71 Å². The number of hydrogen-bond acceptors (Lipinski definition) is 1. The highest BCUT2D eigenvalue weighted by atomic mass is 16.5. The van der Waals surface area contributed by atoms with Gasteiger partial charge in [-0.15, -0.1) is 0 Å². The zero-order chi connectivity index (χ0) is 34.4. The van der Waals surface area contributed by atoms with E-state index in [1.165, 1.54) is 87.5 Å². The minimum atomic E-state index is -0.000277. The fraction of sp³-hybridized carbons (Fsp3) is 0. The van der Waals surface area contributed by atoms with E-state index >= 15 is 0 Å². The Kier molecular flexibility index (Phi) is 5.16. The number of hydrogen-bond donors (Lipinski definition) is 0. The Morgan fingerprint density at radius 2 is 0.943 bits per heavy atom. The van der Waals surface area contributed by atoms with Gasteiger partial charge in [0.15, 0.2) is 0 Å². The van der Waals surface area contributed by atoms with Crippen molar-refractivity contribution in [2.24, 2.45) is 0 Å². The quantitative estimate of drug-likeness (QED) is 0.168. The standard InChI is InChI=1S/C48H28BN3O/c1-2-14-29(15-3-1)51-40-23-11-6-18-33(40)35-28-37-48-45(47(35)51)34-19-7-12-24-41(34)52(48)42-26-30(27-44-46(42)49(37)36-20-8-13-25-43(36)53-44)50-38-21-9-4-16-31(38)32-17-5-10-22-39(32)50/h1-28H. The van der Waals surface area contributed by atoms with Gasteiger partial charge in [-0.2, -0.15) is 0 Å². The molecule has 2 aliphatic rings. The van der Waals surface area contributed by atoms with Gasteiger partial charge in [-0.3, -0.25) is 0 Å². The van der Waals surface area contributed by atoms with Crippen molar-refractivity contribution in [3.63, 3.8) is 0 Å². The average Bonchev–Trinajstić information content (AvgIpc) is 3.86. The Balaban J connectivity index is 1.25. The summed E-state index contributed by atoms with van der Waals surface area (Å²) in [4.78, 5) is 0. The van der Waals surface area contributed by atoms with E-state index in [2.05, 4.69) is 184 Å². The minimum absolute atomic E-state index is 0.000277. The molecule has 5 heteroatoms. The number of benzene rings is 8. The molecule has 0 saturated heterocycles. The molecule has 8 aromatic carbocycles. The van der Waals surface area contributed by atoms with Crippen LogP contribution < -0.4 is 21.1 Å². The van der Waals surface area contributed by atoms with Crippen molar-refractivity contribution in [2.75, 3.05) is 0 Å². The van der Waals surface area contributed by atoms with Gasteiger partial charge < -0.3 is 18.4 Å². The van der Waals surface area contributed by atoms with Crippen LogP contribution in [0.2, 0.25) is 0 Å². The molecule has 3 aromatic heterocycles. The number of rotatable bonds is 2. The molecule has 13 rings (SSSR count). The second kappa shape index (κ2) is 9.87. The second-order valence-corrected chi connectivity index (χ2v) is 14.4. The summed E-state index contributed by atoms with van der Waals surface area (Å²) in [5.74, 6) is 1.83. The third-order valence-corrected chi connectivity index (χ3v) is 11.8. The van der Waals surface area contributed by atoms with Crippen LogP contribution in [0.4, 0.5) is 0 Å². The molecule has 0 saturated carbocycles. The maximum Gasteiger partial charge on any atom is 0.256 e. The topological polar surface area (TPSA) is 24.0 Å². The van der Waals surface area contributed by atoms with Crippen LogP contribution in [0.3, 0.4) is 0 Å². The van der Waals surface area contributed by atoms with Gasteiger partial charge in [-0.25, -0.2) is 0 Å². The SMILES string of the molecule is c1ccc(-n2c3ccccc3c3cc4c5c(c6ccccc6n5-c5cc(-n6c7ccccc7c7ccccc76)cc6c5B4c4ccccc4O6)c32)cc1. The Labute approximate surface area is 304 Å². The summed E-state index contributed by atoms with van der Waals surface area (Å²) in [6.45, 7) is -0.000277. The summed E-state index contributed by atoms with van der Waals surface area (Å²) in [5, 5.41) is 7.55. The molecule has 0 amide bonds. The molecule has 5 heterocycles. The van der Waals surface area contributed by atoms with E-state index in [-0.39, 0.29) is 6.71 Å². The van der Waals surface area contributed by atoms with Crippen molar-refractivity contribution < 1.29 is 4.74 Å². The monoisotopic (exact) mass is 673 g/mol. The summed E-state index contributed by atoms with van der Waals surface area (Å²) in [7, 11) is 0. The molecule has 244 valence electrons. The number of aromatic nitrogens is 3. The smallest absolute Gasteiger partial charge is 0.256 e. The highest BCUT2D eigenvalue weighted by Crippen LogP contribution is 2.45. The molecule has 0 radical (unpaired) electrons. The molecule has 2 aliphatic heterocycles. The third-order valence-electron chi connectivity index (χ3n) is 11.8. The Morgan fingerprint density at radius 1 is 0.377 bits per heavy atom. The van der Waals surface area contributed by atoms with Crippen LogP contribution in [0, 0.1) is 0 Å². The lowest BCUT2D eigenvalue weighted by Gasteiger charge is -2.34. The summed E-state index contributed by atoms with van der Waals surface area (Å²) < 4.78 is 14.4. The van der Waals surface area contributed by atoms with Crippen LogP contribution in [-0.2, 0) is 0 Å². The summed E-state index contributed by atoms with van der Waals surface area (Å²) in [5.41, 5.74) is 14.4. The van der Waals surface area contributed by atoms with Crippen molar-refractivity contribution in [2.45, 2.75) is 0 Å². The Morgan fingerprint density at radius 3 is 1.66 bits per heavy atom. The predicted molar refractivity (Wildman–Crippen MR) is 221 cm³/mol. The first-order valence-corrected chi connectivity index (χ1v) is 18.3. The van der Waals surface area contributed by atoms with Crippen LogP contribution in [0.5, 0.6) is 11.5 Å². The van der Waals surface area contributed by atoms with E-state index < -0.39 is 0 Å². The highest BCUT2D eigenvalue weighted by Gasteiger charge is 2.42. The van der Waals surface area contributed by atoms with Gasteiger partial charge in [-0.1, -0.05) is 115 Å². The van der Waals surface area contributed by atoms with E-state index in [1.807, 2.05) is 0 Å². The van der Waals surface area contributed by atoms with Crippen LogP contribution in [0.1, 0.15) is 0 Å². The van der Waals surface area contributed by atoms with Gasteiger partial charge in [0, 0.05) is 49.8 Å². The predicted octanol–water partition coefficient (Wildman–Crippen LogP) is 9.91. The first kappa shape index (κ1) is 27.7. The van der Waals surface area contributed by atoms with Gasteiger partial charge in [0.05, 0.1) is 38.8 Å². The fourth-order valence-electron chi connectivity index (χ4n) is 9.85. The van der Waals surface area contributed by atoms with Crippen LogP contribution in [0.25, 0.3) is 82.5 Å². The van der Waals surface area contributed by atoms with Crippen molar-refractivity contribution in [3.05, 3.63) is 170 Å². The molecule has 11 aromatic rings. The van der Waals surface area contributed by atoms with Crippen LogP contribution in [-0.4, -0.2) is 20.4 Å². The van der Waals surface area contributed by atoms with Crippen LogP contribution in [0.15, 0.2) is 170 Å². The maximum absolute atomic E-state index is 6.98. The summed E-state index contributed by atoms with van der Waals surface area (Å²) in [6.07, 6.45) is 0. The first-order valence-electron chi connectivity index (χ1n) is 18.3. The number of ether oxygens (including phenoxy) is 1. The molecular formula is C48H28BN3O. The molecule has 0 N–H and O–H groups in total. The normalized spacial score (nSPS) is 13.0. The van der Waals surface area contributed by atoms with E-state index in [0.717, 1.165) is 22.9 Å². The zero-order valence-corrected chi connectivity index (χ0v) is 28.5. The summed E-state index contributed by atoms with van der Waals surface area (Å²) in [6, 6.07) is 62.0. The molecule has 53 heavy (non-hydrogen) atoms. The molecule has 4 nitrogen and oxygen atoms in total. The lowest BCUT2D eigenvalue weighted by Crippen LogP contribution is -2.58. The minimum Gasteiger partial charge on any atom is -0.458 e. The maximum atomic E-state index is 6.98. The average molecular weight is 674 g/mol. The van der Waals surface area contributed by atoms with Gasteiger partial charge in [-0.05, 0) is 64.9 Å². The van der Waals surface area contributed by atoms with Crippen molar-refractivity contribution in [1.82, 2.24) is 13.7 Å². The van der Waals surface area contributed by atoms with Crippen molar-refractivity contribution in [3.8, 4) is 28.6 Å². The van der Waals surface area contributed by atoms with Crippen molar-refractivity contribution in [1.29, 1.82) is 0 Å². The molecule has 0 spiro atoms. The molecule has 0 unspecified atom stereocenters. The highest BCUT2D eigenvalue weighted by molar-refractivity contribution is 6.99. The lowest BCUT2D eigenvalue weighted by molar-refractivity contribution is 0.487. The van der Waals surface area contributed by atoms with E-state index in [1.54, 1.807) is 0 Å². The Hall–Kier alpha value is -6.98.